The largest absolute Gasteiger partial charge is 0.352 e. The van der Waals surface area contributed by atoms with Crippen molar-refractivity contribution in [2.24, 2.45) is 11.3 Å². The Kier molecular flexibility index (Phi) is 3.81. The van der Waals surface area contributed by atoms with Crippen molar-refractivity contribution in [3.05, 3.63) is 46.9 Å². The first-order valence-electron chi connectivity index (χ1n) is 7.54. The average Bonchev–Trinajstić information content (AvgIpc) is 2.45. The Bertz CT molecular complexity index is 758. The van der Waals surface area contributed by atoms with Crippen LogP contribution in [0.15, 0.2) is 35.5 Å². The smallest absolute Gasteiger partial charge is 0.161 e. The van der Waals surface area contributed by atoms with Crippen LogP contribution in [-0.4, -0.2) is 10.8 Å². The van der Waals surface area contributed by atoms with Crippen molar-refractivity contribution >= 4 is 23.0 Å². The minimum atomic E-state index is -0.612. The number of ketones is 1. The van der Waals surface area contributed by atoms with Gasteiger partial charge in [0.15, 0.2) is 5.78 Å². The van der Waals surface area contributed by atoms with Crippen LogP contribution in [0.4, 0.5) is 4.39 Å². The molecule has 1 aliphatic heterocycles. The molecule has 2 aliphatic rings. The number of hydrogen-bond acceptors (Lipinski definition) is 3. The van der Waals surface area contributed by atoms with E-state index in [0.717, 1.165) is 11.3 Å². The van der Waals surface area contributed by atoms with Crippen molar-refractivity contribution in [2.45, 2.75) is 32.6 Å². The maximum absolute atomic E-state index is 13.2. The van der Waals surface area contributed by atoms with E-state index >= 15 is 0 Å². The molecule has 5 heteroatoms. The number of nitrogens with one attached hydrogen (secondary N) is 1. The molecule has 0 aromatic heterocycles. The first-order chi connectivity index (χ1) is 10.8. The van der Waals surface area contributed by atoms with Gasteiger partial charge in [-0.1, -0.05) is 38.2 Å². The van der Waals surface area contributed by atoms with E-state index in [2.05, 4.69) is 11.4 Å². The van der Waals surface area contributed by atoms with Gasteiger partial charge in [-0.2, -0.15) is 5.26 Å². The van der Waals surface area contributed by atoms with Gasteiger partial charge in [-0.05, 0) is 29.5 Å². The van der Waals surface area contributed by atoms with Crippen molar-refractivity contribution in [2.75, 3.05) is 0 Å². The molecule has 0 spiro atoms. The summed E-state index contributed by atoms with van der Waals surface area (Å²) in [7, 11) is 0. The first kappa shape index (κ1) is 15.8. The summed E-state index contributed by atoms with van der Waals surface area (Å²) in [5.41, 5.74) is 2.07. The molecule has 1 aromatic carbocycles. The van der Waals surface area contributed by atoms with Gasteiger partial charge in [0.1, 0.15) is 11.7 Å². The molecule has 118 valence electrons. The maximum Gasteiger partial charge on any atom is 0.161 e. The van der Waals surface area contributed by atoms with Gasteiger partial charge >= 0.3 is 0 Å². The van der Waals surface area contributed by atoms with Gasteiger partial charge in [-0.25, -0.2) is 4.39 Å². The van der Waals surface area contributed by atoms with Crippen LogP contribution in [0.3, 0.4) is 0 Å². The summed E-state index contributed by atoms with van der Waals surface area (Å²) >= 11 is 5.36. The first-order valence-corrected chi connectivity index (χ1v) is 7.95. The number of carbonyl (C=O) groups excluding carboxylic acids is 1. The number of thiocarbonyl (C=S) groups is 1. The molecule has 1 heterocycles. The molecular formula is C18H17FN2OS. The summed E-state index contributed by atoms with van der Waals surface area (Å²) in [4.78, 5) is 13.2. The second kappa shape index (κ2) is 5.54. The maximum atomic E-state index is 13.2. The van der Waals surface area contributed by atoms with Gasteiger partial charge < -0.3 is 5.32 Å². The number of Topliss-reactive ketones (excluding diaryl/α,β-unsaturated/α-hetero) is 1. The van der Waals surface area contributed by atoms with Crippen LogP contribution in [0.25, 0.3) is 0 Å². The van der Waals surface area contributed by atoms with Gasteiger partial charge in [0.25, 0.3) is 0 Å². The zero-order chi connectivity index (χ0) is 16.8. The molecule has 0 saturated heterocycles. The predicted molar refractivity (Wildman–Crippen MR) is 89.0 cm³/mol. The number of benzene rings is 1. The van der Waals surface area contributed by atoms with Gasteiger partial charge in [0, 0.05) is 23.6 Å². The molecule has 3 rings (SSSR count). The molecular weight excluding hydrogens is 311 g/mol. The molecule has 2 atom stereocenters. The number of rotatable bonds is 1. The van der Waals surface area contributed by atoms with E-state index in [0.29, 0.717) is 23.4 Å². The van der Waals surface area contributed by atoms with Gasteiger partial charge in [-0.3, -0.25) is 4.79 Å². The van der Waals surface area contributed by atoms with Gasteiger partial charge in [0.05, 0.1) is 11.1 Å². The zero-order valence-corrected chi connectivity index (χ0v) is 13.8. The fraction of sp³-hybridized carbons (Fsp3) is 0.389. The third-order valence-electron chi connectivity index (χ3n) is 4.49. The SMILES string of the molecule is CC1(C)CC(=O)C2=C(C1)NC(=S)C(C#N)C2c1ccc(F)cc1. The van der Waals surface area contributed by atoms with Crippen LogP contribution < -0.4 is 5.32 Å². The van der Waals surface area contributed by atoms with E-state index in [1.165, 1.54) is 12.1 Å². The van der Waals surface area contributed by atoms with E-state index in [9.17, 15) is 14.4 Å². The monoisotopic (exact) mass is 328 g/mol. The lowest BCUT2D eigenvalue weighted by Crippen LogP contribution is -2.44. The summed E-state index contributed by atoms with van der Waals surface area (Å²) < 4.78 is 13.2. The van der Waals surface area contributed by atoms with Crippen molar-refractivity contribution in [3.8, 4) is 6.07 Å². The Morgan fingerprint density at radius 3 is 2.57 bits per heavy atom. The van der Waals surface area contributed by atoms with Crippen LogP contribution in [0.1, 0.15) is 38.2 Å². The number of halogens is 1. The molecule has 23 heavy (non-hydrogen) atoms. The standard InChI is InChI=1S/C18H17FN2OS/c1-18(2)7-13-16(14(22)8-18)15(12(9-20)17(23)21-13)10-3-5-11(19)6-4-10/h3-6,12,15H,7-8H2,1-2H3,(H,21,23). The average molecular weight is 328 g/mol. The van der Waals surface area contributed by atoms with Crippen LogP contribution >= 0.6 is 12.2 Å². The minimum absolute atomic E-state index is 0.0424. The Morgan fingerprint density at radius 1 is 1.30 bits per heavy atom. The Morgan fingerprint density at radius 2 is 1.96 bits per heavy atom. The molecule has 0 bridgehead atoms. The molecule has 1 N–H and O–H groups in total. The molecule has 0 amide bonds. The third-order valence-corrected chi connectivity index (χ3v) is 4.85. The fourth-order valence-electron chi connectivity index (χ4n) is 3.51. The third kappa shape index (κ3) is 2.79. The van der Waals surface area contributed by atoms with E-state index in [1.54, 1.807) is 12.1 Å². The molecule has 2 unspecified atom stereocenters. The van der Waals surface area contributed by atoms with Gasteiger partial charge in [-0.15, -0.1) is 0 Å². The minimum Gasteiger partial charge on any atom is -0.352 e. The van der Waals surface area contributed by atoms with E-state index in [4.69, 9.17) is 12.2 Å². The zero-order valence-electron chi connectivity index (χ0n) is 13.0. The molecule has 0 saturated carbocycles. The summed E-state index contributed by atoms with van der Waals surface area (Å²) in [6.45, 7) is 4.09. The molecule has 1 aliphatic carbocycles. The van der Waals surface area contributed by atoms with Crippen molar-refractivity contribution in [1.29, 1.82) is 5.26 Å². The number of nitriles is 1. The second-order valence-electron chi connectivity index (χ2n) is 6.96. The number of carbonyl (C=O) groups is 1. The fourth-order valence-corrected chi connectivity index (χ4v) is 3.83. The van der Waals surface area contributed by atoms with Crippen LogP contribution in [0, 0.1) is 28.5 Å². The van der Waals surface area contributed by atoms with Crippen molar-refractivity contribution in [1.82, 2.24) is 5.32 Å². The summed E-state index contributed by atoms with van der Waals surface area (Å²) in [6.07, 6.45) is 1.15. The van der Waals surface area contributed by atoms with Crippen molar-refractivity contribution < 1.29 is 9.18 Å². The number of allylic oxidation sites excluding steroid dienone is 2. The Labute approximate surface area is 140 Å². The topological polar surface area (TPSA) is 52.9 Å². The van der Waals surface area contributed by atoms with E-state index in [-0.39, 0.29) is 17.0 Å². The summed E-state index contributed by atoms with van der Waals surface area (Å²) in [5, 5.41) is 12.7. The lowest BCUT2D eigenvalue weighted by molar-refractivity contribution is -0.118. The molecule has 1 aromatic rings. The lowest BCUT2D eigenvalue weighted by Gasteiger charge is -2.40. The highest BCUT2D eigenvalue weighted by atomic mass is 32.1. The highest BCUT2D eigenvalue weighted by molar-refractivity contribution is 7.80. The van der Waals surface area contributed by atoms with Crippen LogP contribution in [-0.2, 0) is 4.79 Å². The van der Waals surface area contributed by atoms with E-state index in [1.807, 2.05) is 13.8 Å². The van der Waals surface area contributed by atoms with Gasteiger partial charge in [0.2, 0.25) is 0 Å². The van der Waals surface area contributed by atoms with Crippen LogP contribution in [0.2, 0.25) is 0 Å². The molecule has 3 nitrogen and oxygen atoms in total. The normalized spacial score (nSPS) is 26.3. The molecule has 0 fully saturated rings. The second-order valence-corrected chi connectivity index (χ2v) is 7.40. The predicted octanol–water partition coefficient (Wildman–Crippen LogP) is 3.62. The highest BCUT2D eigenvalue weighted by Gasteiger charge is 2.44. The van der Waals surface area contributed by atoms with E-state index < -0.39 is 11.8 Å². The lowest BCUT2D eigenvalue weighted by atomic mass is 9.67. The summed E-state index contributed by atoms with van der Waals surface area (Å²) in [5.74, 6) is -1.34. The Balaban J connectivity index is 2.16. The Hall–Kier alpha value is -2.06. The van der Waals surface area contributed by atoms with Crippen molar-refractivity contribution in [3.63, 3.8) is 0 Å². The molecule has 0 radical (unpaired) electrons. The highest BCUT2D eigenvalue weighted by Crippen LogP contribution is 2.45. The van der Waals surface area contributed by atoms with Crippen LogP contribution in [0.5, 0.6) is 0 Å². The summed E-state index contributed by atoms with van der Waals surface area (Å²) in [6, 6.07) is 8.18. The number of hydrogen-bond donors (Lipinski definition) is 1. The quantitative estimate of drug-likeness (QED) is 0.800. The number of nitrogens with zero attached hydrogens (tertiary/aromatic N) is 1.